The molecule has 84 valence electrons. The van der Waals surface area contributed by atoms with Gasteiger partial charge in [0.05, 0.1) is 6.61 Å². The van der Waals surface area contributed by atoms with Crippen LogP contribution in [0.1, 0.15) is 17.3 Å². The Labute approximate surface area is 93.9 Å². The molecule has 0 fully saturated rings. The van der Waals surface area contributed by atoms with Gasteiger partial charge in [0.1, 0.15) is 0 Å². The minimum Gasteiger partial charge on any atom is -0.463 e. The van der Waals surface area contributed by atoms with E-state index in [1.54, 1.807) is 31.2 Å². The van der Waals surface area contributed by atoms with Crippen LogP contribution >= 0.6 is 0 Å². The highest BCUT2D eigenvalue weighted by atomic mass is 16.5. The summed E-state index contributed by atoms with van der Waals surface area (Å²) in [6.07, 6.45) is 2.44. The number of hydrogen-bond acceptors (Lipinski definition) is 3. The van der Waals surface area contributed by atoms with Crippen molar-refractivity contribution in [3.8, 4) is 0 Å². The van der Waals surface area contributed by atoms with Gasteiger partial charge >= 0.3 is 5.97 Å². The molecule has 1 amide bonds. The van der Waals surface area contributed by atoms with Gasteiger partial charge in [-0.05, 0) is 19.1 Å². The zero-order valence-corrected chi connectivity index (χ0v) is 8.97. The topological polar surface area (TPSA) is 55.4 Å². The van der Waals surface area contributed by atoms with E-state index in [4.69, 9.17) is 0 Å². The summed E-state index contributed by atoms with van der Waals surface area (Å²) in [7, 11) is 0. The summed E-state index contributed by atoms with van der Waals surface area (Å²) in [6, 6.07) is 8.74. The van der Waals surface area contributed by atoms with Crippen LogP contribution in [0.25, 0.3) is 0 Å². The Morgan fingerprint density at radius 3 is 2.62 bits per heavy atom. The van der Waals surface area contributed by atoms with Crippen LogP contribution in [-0.4, -0.2) is 18.5 Å². The quantitative estimate of drug-likeness (QED) is 0.616. The van der Waals surface area contributed by atoms with Crippen molar-refractivity contribution in [1.29, 1.82) is 0 Å². The average molecular weight is 219 g/mol. The Balaban J connectivity index is 2.45. The first-order valence-electron chi connectivity index (χ1n) is 4.93. The third-order valence-electron chi connectivity index (χ3n) is 1.76. The first kappa shape index (κ1) is 12.0. The Morgan fingerprint density at radius 1 is 1.31 bits per heavy atom. The second-order valence-corrected chi connectivity index (χ2v) is 2.92. The number of benzene rings is 1. The van der Waals surface area contributed by atoms with Crippen LogP contribution in [0.5, 0.6) is 0 Å². The molecule has 0 aromatic heterocycles. The standard InChI is InChI=1S/C12H13NO3/c1-2-16-11(14)8-9-13-12(15)10-6-4-3-5-7-10/h3-9H,2H2,1H3,(H,13,15)/b9-8+. The van der Waals surface area contributed by atoms with Crippen molar-refractivity contribution in [2.75, 3.05) is 6.61 Å². The molecule has 0 atom stereocenters. The summed E-state index contributed by atoms with van der Waals surface area (Å²) in [6.45, 7) is 2.03. The number of ether oxygens (including phenoxy) is 1. The molecule has 4 heteroatoms. The van der Waals surface area contributed by atoms with Crippen LogP contribution in [0.3, 0.4) is 0 Å². The monoisotopic (exact) mass is 219 g/mol. The molecule has 1 N–H and O–H groups in total. The van der Waals surface area contributed by atoms with Crippen LogP contribution in [0.15, 0.2) is 42.6 Å². The summed E-state index contributed by atoms with van der Waals surface area (Å²) in [4.78, 5) is 22.4. The molecule has 0 spiro atoms. The van der Waals surface area contributed by atoms with E-state index >= 15 is 0 Å². The van der Waals surface area contributed by atoms with Gasteiger partial charge in [-0.3, -0.25) is 4.79 Å². The average Bonchev–Trinajstić information content (AvgIpc) is 2.30. The lowest BCUT2D eigenvalue weighted by Crippen LogP contribution is -2.17. The first-order valence-corrected chi connectivity index (χ1v) is 4.93. The molecule has 0 radical (unpaired) electrons. The Hall–Kier alpha value is -2.10. The number of hydrogen-bond donors (Lipinski definition) is 1. The molecule has 4 nitrogen and oxygen atoms in total. The van der Waals surface area contributed by atoms with E-state index in [0.29, 0.717) is 12.2 Å². The fourth-order valence-corrected chi connectivity index (χ4v) is 1.05. The number of rotatable bonds is 4. The van der Waals surface area contributed by atoms with Crippen molar-refractivity contribution in [3.05, 3.63) is 48.2 Å². The SMILES string of the molecule is CCOC(=O)/C=C/NC(=O)c1ccccc1. The third kappa shape index (κ3) is 3.96. The minimum absolute atomic E-state index is 0.263. The highest BCUT2D eigenvalue weighted by Gasteiger charge is 2.01. The van der Waals surface area contributed by atoms with Crippen LogP contribution in [-0.2, 0) is 9.53 Å². The molecule has 1 aromatic rings. The lowest BCUT2D eigenvalue weighted by molar-refractivity contribution is -0.137. The number of esters is 1. The van der Waals surface area contributed by atoms with Gasteiger partial charge in [0.25, 0.3) is 5.91 Å². The maximum atomic E-state index is 11.5. The number of carbonyl (C=O) groups is 2. The zero-order valence-electron chi connectivity index (χ0n) is 8.97. The summed E-state index contributed by atoms with van der Waals surface area (Å²) >= 11 is 0. The van der Waals surface area contributed by atoms with Crippen LogP contribution in [0.4, 0.5) is 0 Å². The lowest BCUT2D eigenvalue weighted by Gasteiger charge is -1.99. The van der Waals surface area contributed by atoms with Gasteiger partial charge in [-0.15, -0.1) is 0 Å². The molecule has 0 heterocycles. The first-order chi connectivity index (χ1) is 7.74. The van der Waals surface area contributed by atoms with Gasteiger partial charge in [-0.25, -0.2) is 4.79 Å². The van der Waals surface area contributed by atoms with E-state index in [0.717, 1.165) is 0 Å². The van der Waals surface area contributed by atoms with Gasteiger partial charge < -0.3 is 10.1 Å². The van der Waals surface area contributed by atoms with Crippen LogP contribution in [0, 0.1) is 0 Å². The van der Waals surface area contributed by atoms with Crippen molar-refractivity contribution in [2.45, 2.75) is 6.92 Å². The molecule has 1 rings (SSSR count). The van der Waals surface area contributed by atoms with Crippen molar-refractivity contribution >= 4 is 11.9 Å². The second kappa shape index (κ2) is 6.40. The molecule has 0 saturated carbocycles. The van der Waals surface area contributed by atoms with E-state index in [1.807, 2.05) is 6.07 Å². The highest BCUT2D eigenvalue weighted by molar-refractivity contribution is 5.95. The van der Waals surface area contributed by atoms with Crippen molar-refractivity contribution in [1.82, 2.24) is 5.32 Å². The van der Waals surface area contributed by atoms with E-state index < -0.39 is 5.97 Å². The Kier molecular flexibility index (Phi) is 4.79. The van der Waals surface area contributed by atoms with E-state index in [1.165, 1.54) is 12.3 Å². The molecule has 0 aliphatic heterocycles. The van der Waals surface area contributed by atoms with Gasteiger partial charge in [0.15, 0.2) is 0 Å². The van der Waals surface area contributed by atoms with Gasteiger partial charge in [-0.1, -0.05) is 18.2 Å². The molecule has 1 aromatic carbocycles. The Bertz CT molecular complexity index is 385. The second-order valence-electron chi connectivity index (χ2n) is 2.92. The highest BCUT2D eigenvalue weighted by Crippen LogP contribution is 1.97. The predicted molar refractivity (Wildman–Crippen MR) is 59.7 cm³/mol. The fourth-order valence-electron chi connectivity index (χ4n) is 1.05. The molecule has 16 heavy (non-hydrogen) atoms. The van der Waals surface area contributed by atoms with Crippen molar-refractivity contribution < 1.29 is 14.3 Å². The van der Waals surface area contributed by atoms with Gasteiger partial charge in [0, 0.05) is 17.8 Å². The molecule has 0 aliphatic rings. The molecular formula is C12H13NO3. The minimum atomic E-state index is -0.476. The molecule has 0 unspecified atom stereocenters. The zero-order chi connectivity index (χ0) is 11.8. The fraction of sp³-hybridized carbons (Fsp3) is 0.167. The third-order valence-corrected chi connectivity index (χ3v) is 1.76. The summed E-state index contributed by atoms with van der Waals surface area (Å²) in [5.74, 6) is -0.739. The number of nitrogens with one attached hydrogen (secondary N) is 1. The molecular weight excluding hydrogens is 206 g/mol. The summed E-state index contributed by atoms with van der Waals surface area (Å²) in [5.41, 5.74) is 0.538. The predicted octanol–water partition coefficient (Wildman–Crippen LogP) is 1.49. The smallest absolute Gasteiger partial charge is 0.332 e. The van der Waals surface area contributed by atoms with Crippen LogP contribution in [0.2, 0.25) is 0 Å². The lowest BCUT2D eigenvalue weighted by atomic mass is 10.2. The normalized spacial score (nSPS) is 10.1. The summed E-state index contributed by atoms with van der Waals surface area (Å²) < 4.78 is 4.65. The molecule has 0 bridgehead atoms. The Morgan fingerprint density at radius 2 is 2.00 bits per heavy atom. The van der Waals surface area contributed by atoms with E-state index in [9.17, 15) is 9.59 Å². The van der Waals surface area contributed by atoms with Crippen molar-refractivity contribution in [3.63, 3.8) is 0 Å². The largest absolute Gasteiger partial charge is 0.463 e. The number of carbonyl (C=O) groups excluding carboxylic acids is 2. The van der Waals surface area contributed by atoms with Gasteiger partial charge in [-0.2, -0.15) is 0 Å². The van der Waals surface area contributed by atoms with Crippen molar-refractivity contribution in [2.24, 2.45) is 0 Å². The molecule has 0 saturated heterocycles. The number of amides is 1. The maximum absolute atomic E-state index is 11.5. The van der Waals surface area contributed by atoms with Gasteiger partial charge in [0.2, 0.25) is 0 Å². The van der Waals surface area contributed by atoms with E-state index in [2.05, 4.69) is 10.1 Å². The van der Waals surface area contributed by atoms with Crippen LogP contribution < -0.4 is 5.32 Å². The summed E-state index contributed by atoms with van der Waals surface area (Å²) in [5, 5.41) is 2.47. The maximum Gasteiger partial charge on any atom is 0.332 e. The van der Waals surface area contributed by atoms with E-state index in [-0.39, 0.29) is 5.91 Å². The molecule has 0 aliphatic carbocycles.